The van der Waals surface area contributed by atoms with Crippen molar-refractivity contribution in [1.82, 2.24) is 14.8 Å². The first-order valence-electron chi connectivity index (χ1n) is 8.66. The van der Waals surface area contributed by atoms with Crippen molar-refractivity contribution in [3.8, 4) is 0 Å². The smallest absolute Gasteiger partial charge is 0.0543 e. The van der Waals surface area contributed by atoms with Gasteiger partial charge in [-0.25, -0.2) is 0 Å². The molecule has 1 aromatic carbocycles. The number of piperidine rings is 1. The Morgan fingerprint density at radius 1 is 1.04 bits per heavy atom. The summed E-state index contributed by atoms with van der Waals surface area (Å²) in [6, 6.07) is 18.0. The Morgan fingerprint density at radius 3 is 2.61 bits per heavy atom. The molecule has 0 unspecified atom stereocenters. The van der Waals surface area contributed by atoms with Gasteiger partial charge < -0.3 is 4.90 Å². The van der Waals surface area contributed by atoms with E-state index < -0.39 is 0 Å². The molecular formula is C20H25N3. The van der Waals surface area contributed by atoms with Crippen molar-refractivity contribution in [3.63, 3.8) is 0 Å². The van der Waals surface area contributed by atoms with Gasteiger partial charge in [0.1, 0.15) is 0 Å². The third-order valence-corrected chi connectivity index (χ3v) is 5.85. The first-order valence-corrected chi connectivity index (χ1v) is 8.66. The molecule has 0 radical (unpaired) electrons. The van der Waals surface area contributed by atoms with Gasteiger partial charge in [-0.2, -0.15) is 0 Å². The first kappa shape index (κ1) is 14.9. The van der Waals surface area contributed by atoms with Gasteiger partial charge in [0.2, 0.25) is 0 Å². The third-order valence-electron chi connectivity index (χ3n) is 5.85. The van der Waals surface area contributed by atoms with Crippen LogP contribution in [-0.4, -0.2) is 47.5 Å². The average Bonchev–Trinajstić information content (AvgIpc) is 2.95. The number of hydrogen-bond acceptors (Lipinski definition) is 3. The van der Waals surface area contributed by atoms with Crippen molar-refractivity contribution in [2.24, 2.45) is 0 Å². The van der Waals surface area contributed by atoms with E-state index in [4.69, 9.17) is 0 Å². The minimum atomic E-state index is 0.344. The topological polar surface area (TPSA) is 19.4 Å². The summed E-state index contributed by atoms with van der Waals surface area (Å²) in [6.07, 6.45) is 4.43. The average molecular weight is 307 g/mol. The zero-order valence-corrected chi connectivity index (χ0v) is 13.9. The molecule has 2 atom stereocenters. The molecule has 2 aromatic rings. The van der Waals surface area contributed by atoms with Crippen molar-refractivity contribution in [2.45, 2.75) is 30.8 Å². The summed E-state index contributed by atoms with van der Waals surface area (Å²) in [6.45, 7) is 4.48. The highest BCUT2D eigenvalue weighted by molar-refractivity contribution is 5.31. The molecule has 3 heterocycles. The minimum Gasteiger partial charge on any atom is -0.301 e. The molecule has 2 saturated heterocycles. The summed E-state index contributed by atoms with van der Waals surface area (Å²) in [4.78, 5) is 9.64. The van der Waals surface area contributed by atoms with Crippen LogP contribution in [0, 0.1) is 0 Å². The normalized spacial score (nSPS) is 28.7. The summed E-state index contributed by atoms with van der Waals surface area (Å²) < 4.78 is 0. The monoisotopic (exact) mass is 307 g/mol. The standard InChI is InChI=1S/C20H25N3/c1-22-13-10-20(17-7-3-2-4-8-17)11-14-23(16-19(20)22)15-18-9-5-6-12-21-18/h2-9,12,19H,10-11,13-16H2,1H3/t19-,20-/m0/s1. The van der Waals surface area contributed by atoms with Gasteiger partial charge in [-0.15, -0.1) is 0 Å². The number of likely N-dealkylation sites (tertiary alicyclic amines) is 2. The molecule has 0 N–H and O–H groups in total. The Kier molecular flexibility index (Phi) is 3.92. The van der Waals surface area contributed by atoms with E-state index in [1.807, 2.05) is 12.3 Å². The summed E-state index contributed by atoms with van der Waals surface area (Å²) in [5, 5.41) is 0. The van der Waals surface area contributed by atoms with Crippen molar-refractivity contribution in [1.29, 1.82) is 0 Å². The lowest BCUT2D eigenvalue weighted by atomic mass is 9.69. The maximum absolute atomic E-state index is 4.50. The van der Waals surface area contributed by atoms with Crippen LogP contribution in [0.5, 0.6) is 0 Å². The van der Waals surface area contributed by atoms with Gasteiger partial charge >= 0.3 is 0 Å². The molecule has 23 heavy (non-hydrogen) atoms. The Morgan fingerprint density at radius 2 is 1.83 bits per heavy atom. The van der Waals surface area contributed by atoms with Crippen LogP contribution < -0.4 is 0 Å². The van der Waals surface area contributed by atoms with Crippen LogP contribution in [-0.2, 0) is 12.0 Å². The molecule has 0 aliphatic carbocycles. The van der Waals surface area contributed by atoms with Crippen LogP contribution >= 0.6 is 0 Å². The molecule has 2 aliphatic heterocycles. The second-order valence-corrected chi connectivity index (χ2v) is 7.07. The van der Waals surface area contributed by atoms with Gasteiger partial charge in [0.25, 0.3) is 0 Å². The number of hydrogen-bond donors (Lipinski definition) is 0. The highest BCUT2D eigenvalue weighted by Gasteiger charge is 2.49. The van der Waals surface area contributed by atoms with Gasteiger partial charge in [0.15, 0.2) is 0 Å². The van der Waals surface area contributed by atoms with Crippen LogP contribution in [0.15, 0.2) is 54.7 Å². The van der Waals surface area contributed by atoms with Gasteiger partial charge in [-0.3, -0.25) is 9.88 Å². The summed E-state index contributed by atoms with van der Waals surface area (Å²) >= 11 is 0. The number of nitrogens with zero attached hydrogens (tertiary/aromatic N) is 3. The summed E-state index contributed by atoms with van der Waals surface area (Å²) in [5.74, 6) is 0. The fraction of sp³-hybridized carbons (Fsp3) is 0.450. The van der Waals surface area contributed by atoms with E-state index in [-0.39, 0.29) is 0 Å². The predicted molar refractivity (Wildman–Crippen MR) is 93.3 cm³/mol. The van der Waals surface area contributed by atoms with E-state index in [0.717, 1.165) is 19.6 Å². The molecule has 4 rings (SSSR count). The largest absolute Gasteiger partial charge is 0.301 e. The first-order chi connectivity index (χ1) is 11.3. The van der Waals surface area contributed by atoms with Gasteiger partial charge in [-0.1, -0.05) is 36.4 Å². The predicted octanol–water partition coefficient (Wildman–Crippen LogP) is 2.93. The highest BCUT2D eigenvalue weighted by atomic mass is 15.3. The van der Waals surface area contributed by atoms with Crippen LogP contribution in [0.2, 0.25) is 0 Å². The van der Waals surface area contributed by atoms with Crippen LogP contribution in [0.3, 0.4) is 0 Å². The molecule has 2 fully saturated rings. The Balaban J connectivity index is 1.56. The van der Waals surface area contributed by atoms with Crippen molar-refractivity contribution in [2.75, 3.05) is 26.7 Å². The van der Waals surface area contributed by atoms with E-state index in [1.54, 1.807) is 0 Å². The van der Waals surface area contributed by atoms with E-state index in [2.05, 4.69) is 64.3 Å². The lowest BCUT2D eigenvalue weighted by Crippen LogP contribution is -2.54. The molecule has 1 aromatic heterocycles. The van der Waals surface area contributed by atoms with Gasteiger partial charge in [0.05, 0.1) is 5.69 Å². The lowest BCUT2D eigenvalue weighted by Gasteiger charge is -2.46. The Labute approximate surface area is 139 Å². The summed E-state index contributed by atoms with van der Waals surface area (Å²) in [7, 11) is 2.29. The number of rotatable bonds is 3. The van der Waals surface area contributed by atoms with Crippen molar-refractivity contribution >= 4 is 0 Å². The van der Waals surface area contributed by atoms with E-state index in [0.29, 0.717) is 11.5 Å². The van der Waals surface area contributed by atoms with Gasteiger partial charge in [0, 0.05) is 30.7 Å². The molecule has 120 valence electrons. The van der Waals surface area contributed by atoms with Crippen LogP contribution in [0.1, 0.15) is 24.1 Å². The zero-order valence-electron chi connectivity index (χ0n) is 13.9. The number of fused-ring (bicyclic) bond motifs is 1. The fourth-order valence-electron chi connectivity index (χ4n) is 4.53. The summed E-state index contributed by atoms with van der Waals surface area (Å²) in [5.41, 5.74) is 3.06. The van der Waals surface area contributed by atoms with Crippen molar-refractivity contribution < 1.29 is 0 Å². The molecule has 0 amide bonds. The number of likely N-dealkylation sites (N-methyl/N-ethyl adjacent to an activating group) is 1. The van der Waals surface area contributed by atoms with E-state index in [9.17, 15) is 0 Å². The molecule has 0 saturated carbocycles. The minimum absolute atomic E-state index is 0.344. The molecule has 2 aliphatic rings. The maximum atomic E-state index is 4.50. The molecule has 0 bridgehead atoms. The molecule has 0 spiro atoms. The molecule has 3 nitrogen and oxygen atoms in total. The second kappa shape index (κ2) is 6.06. The SMILES string of the molecule is CN1CC[C@@]2(c3ccccc3)CCN(Cc3ccccn3)C[C@H]12. The molecular weight excluding hydrogens is 282 g/mol. The second-order valence-electron chi connectivity index (χ2n) is 7.07. The van der Waals surface area contributed by atoms with E-state index in [1.165, 1.54) is 30.6 Å². The maximum Gasteiger partial charge on any atom is 0.0543 e. The Bertz CT molecular complexity index is 642. The van der Waals surface area contributed by atoms with Gasteiger partial charge in [-0.05, 0) is 50.7 Å². The van der Waals surface area contributed by atoms with Crippen molar-refractivity contribution in [3.05, 3.63) is 66.0 Å². The Hall–Kier alpha value is -1.71. The fourth-order valence-corrected chi connectivity index (χ4v) is 4.53. The number of benzene rings is 1. The lowest BCUT2D eigenvalue weighted by molar-refractivity contribution is 0.0908. The quantitative estimate of drug-likeness (QED) is 0.869. The highest BCUT2D eigenvalue weighted by Crippen LogP contribution is 2.45. The zero-order chi connectivity index (χ0) is 15.7. The number of pyridine rings is 1. The van der Waals surface area contributed by atoms with Crippen LogP contribution in [0.25, 0.3) is 0 Å². The third kappa shape index (κ3) is 2.68. The van der Waals surface area contributed by atoms with Crippen LogP contribution in [0.4, 0.5) is 0 Å². The molecule has 3 heteroatoms. The van der Waals surface area contributed by atoms with E-state index >= 15 is 0 Å². The number of aromatic nitrogens is 1.